The first-order chi connectivity index (χ1) is 12.7. The number of carbonyl (C=O) groups is 1. The van der Waals surface area contributed by atoms with Gasteiger partial charge in [0, 0.05) is 31.1 Å². The third-order valence-corrected chi connectivity index (χ3v) is 4.82. The van der Waals surface area contributed by atoms with Crippen molar-refractivity contribution in [2.75, 3.05) is 25.2 Å². The molecule has 2 aromatic heterocycles. The van der Waals surface area contributed by atoms with Gasteiger partial charge in [-0.15, -0.1) is 0 Å². The van der Waals surface area contributed by atoms with Gasteiger partial charge in [0.1, 0.15) is 11.1 Å². The van der Waals surface area contributed by atoms with Crippen LogP contribution >= 0.6 is 0 Å². The number of ether oxygens (including phenoxy) is 1. The van der Waals surface area contributed by atoms with E-state index in [1.807, 2.05) is 12.1 Å². The molecule has 0 bridgehead atoms. The Labute approximate surface area is 150 Å². The molecule has 0 spiro atoms. The van der Waals surface area contributed by atoms with E-state index in [1.54, 1.807) is 13.3 Å². The minimum Gasteiger partial charge on any atom is -0.478 e. The third-order valence-electron chi connectivity index (χ3n) is 4.82. The zero-order chi connectivity index (χ0) is 18.1. The number of methoxy groups -OCH3 is 1. The fraction of sp³-hybridized carbons (Fsp3) is 0.316. The molecule has 26 heavy (non-hydrogen) atoms. The van der Waals surface area contributed by atoms with Crippen molar-refractivity contribution in [1.82, 2.24) is 15.0 Å². The van der Waals surface area contributed by atoms with E-state index in [0.717, 1.165) is 30.6 Å². The van der Waals surface area contributed by atoms with Gasteiger partial charge >= 0.3 is 5.97 Å². The van der Waals surface area contributed by atoms with Crippen molar-refractivity contribution >= 4 is 22.8 Å². The smallest absolute Gasteiger partial charge is 0.339 e. The standard InChI is InChI=1S/C19H20N4O3/c1-26-11-14-6-3-7-23(14)13-5-2-4-12(8-13)16-10-21-18-17(22-16)15(9-20-18)19(24)25/h2,4-5,8-10,14H,3,6-7,11H2,1H3,(H,20,21)(H,24,25). The summed E-state index contributed by atoms with van der Waals surface area (Å²) in [7, 11) is 1.73. The van der Waals surface area contributed by atoms with Crippen LogP contribution in [0, 0.1) is 0 Å². The lowest BCUT2D eigenvalue weighted by atomic mass is 10.1. The minimum atomic E-state index is -1.02. The molecule has 134 valence electrons. The largest absolute Gasteiger partial charge is 0.478 e. The van der Waals surface area contributed by atoms with Crippen LogP contribution in [0.4, 0.5) is 5.69 Å². The molecule has 0 amide bonds. The van der Waals surface area contributed by atoms with Crippen LogP contribution in [0.3, 0.4) is 0 Å². The van der Waals surface area contributed by atoms with Crippen LogP contribution < -0.4 is 4.90 Å². The molecular weight excluding hydrogens is 332 g/mol. The molecule has 1 aromatic carbocycles. The van der Waals surface area contributed by atoms with Crippen molar-refractivity contribution in [2.45, 2.75) is 18.9 Å². The lowest BCUT2D eigenvalue weighted by Crippen LogP contribution is -2.32. The molecule has 3 aromatic rings. The quantitative estimate of drug-likeness (QED) is 0.734. The molecule has 0 radical (unpaired) electrons. The zero-order valence-corrected chi connectivity index (χ0v) is 14.5. The first kappa shape index (κ1) is 16.5. The minimum absolute atomic E-state index is 0.130. The highest BCUT2D eigenvalue weighted by atomic mass is 16.5. The first-order valence-electron chi connectivity index (χ1n) is 8.61. The van der Waals surface area contributed by atoms with E-state index in [0.29, 0.717) is 29.5 Å². The van der Waals surface area contributed by atoms with Gasteiger partial charge < -0.3 is 19.7 Å². The summed E-state index contributed by atoms with van der Waals surface area (Å²) in [6.07, 6.45) is 5.36. The maximum absolute atomic E-state index is 11.3. The van der Waals surface area contributed by atoms with Crippen LogP contribution in [0.15, 0.2) is 36.7 Å². The van der Waals surface area contributed by atoms with Gasteiger partial charge in [-0.2, -0.15) is 0 Å². The summed E-state index contributed by atoms with van der Waals surface area (Å²) in [5.74, 6) is -1.02. The highest BCUT2D eigenvalue weighted by molar-refractivity contribution is 6.00. The summed E-state index contributed by atoms with van der Waals surface area (Å²) >= 11 is 0. The van der Waals surface area contributed by atoms with Gasteiger partial charge in [-0.25, -0.2) is 14.8 Å². The number of H-pyrrole nitrogens is 1. The van der Waals surface area contributed by atoms with Gasteiger partial charge in [0.15, 0.2) is 5.65 Å². The number of aromatic amines is 1. The number of carboxylic acid groups (broad SMARTS) is 1. The van der Waals surface area contributed by atoms with E-state index >= 15 is 0 Å². The number of carboxylic acids is 1. The van der Waals surface area contributed by atoms with E-state index in [-0.39, 0.29) is 5.56 Å². The fourth-order valence-corrected chi connectivity index (χ4v) is 3.58. The number of rotatable bonds is 5. The Hall–Kier alpha value is -2.93. The lowest BCUT2D eigenvalue weighted by molar-refractivity contribution is 0.0699. The van der Waals surface area contributed by atoms with Crippen molar-refractivity contribution in [1.29, 1.82) is 0 Å². The number of nitrogens with one attached hydrogen (secondary N) is 1. The number of fused-ring (bicyclic) bond motifs is 1. The normalized spacial score (nSPS) is 17.1. The number of hydrogen-bond donors (Lipinski definition) is 2. The van der Waals surface area contributed by atoms with Crippen LogP contribution in [0.5, 0.6) is 0 Å². The van der Waals surface area contributed by atoms with Gasteiger partial charge in [0.05, 0.1) is 24.5 Å². The molecule has 3 heterocycles. The summed E-state index contributed by atoms with van der Waals surface area (Å²) in [5.41, 5.74) is 3.67. The molecule has 1 atom stereocenters. The Morgan fingerprint density at radius 3 is 3.15 bits per heavy atom. The molecule has 1 saturated heterocycles. The summed E-state index contributed by atoms with van der Waals surface area (Å²) in [6, 6.07) is 8.51. The summed E-state index contributed by atoms with van der Waals surface area (Å²) in [5, 5.41) is 9.29. The molecule has 1 fully saturated rings. The van der Waals surface area contributed by atoms with Gasteiger partial charge in [-0.1, -0.05) is 12.1 Å². The number of aromatic nitrogens is 3. The zero-order valence-electron chi connectivity index (χ0n) is 14.5. The Balaban J connectivity index is 1.71. The van der Waals surface area contributed by atoms with E-state index in [2.05, 4.69) is 32.0 Å². The van der Waals surface area contributed by atoms with Crippen molar-refractivity contribution in [3.63, 3.8) is 0 Å². The van der Waals surface area contributed by atoms with Crippen molar-refractivity contribution in [3.05, 3.63) is 42.2 Å². The predicted octanol–water partition coefficient (Wildman–Crippen LogP) is 2.94. The molecule has 7 heteroatoms. The number of hydrogen-bond acceptors (Lipinski definition) is 5. The highest BCUT2D eigenvalue weighted by Gasteiger charge is 2.25. The van der Waals surface area contributed by atoms with Gasteiger partial charge in [0.2, 0.25) is 0 Å². The van der Waals surface area contributed by atoms with Crippen LogP contribution in [0.2, 0.25) is 0 Å². The third kappa shape index (κ3) is 2.90. The maximum Gasteiger partial charge on any atom is 0.339 e. The maximum atomic E-state index is 11.3. The van der Waals surface area contributed by atoms with E-state index < -0.39 is 5.97 Å². The second-order valence-electron chi connectivity index (χ2n) is 6.46. The Morgan fingerprint density at radius 2 is 2.35 bits per heavy atom. The number of benzene rings is 1. The number of anilines is 1. The number of aromatic carboxylic acids is 1. The number of nitrogens with zero attached hydrogens (tertiary/aromatic N) is 3. The monoisotopic (exact) mass is 352 g/mol. The average molecular weight is 352 g/mol. The molecule has 0 saturated carbocycles. The summed E-state index contributed by atoms with van der Waals surface area (Å²) in [4.78, 5) is 25.4. The van der Waals surface area contributed by atoms with E-state index in [9.17, 15) is 9.90 Å². The Bertz CT molecular complexity index is 953. The van der Waals surface area contributed by atoms with E-state index in [1.165, 1.54) is 6.20 Å². The molecule has 4 rings (SSSR count). The molecule has 1 unspecified atom stereocenters. The van der Waals surface area contributed by atoms with Crippen molar-refractivity contribution in [2.24, 2.45) is 0 Å². The molecule has 2 N–H and O–H groups in total. The van der Waals surface area contributed by atoms with Crippen LogP contribution in [0.1, 0.15) is 23.2 Å². The van der Waals surface area contributed by atoms with Gasteiger partial charge in [-0.05, 0) is 25.0 Å². The van der Waals surface area contributed by atoms with Crippen LogP contribution in [-0.4, -0.2) is 52.3 Å². The van der Waals surface area contributed by atoms with Crippen LogP contribution in [0.25, 0.3) is 22.4 Å². The summed E-state index contributed by atoms with van der Waals surface area (Å²) in [6.45, 7) is 1.71. The van der Waals surface area contributed by atoms with Gasteiger partial charge in [-0.3, -0.25) is 0 Å². The molecule has 1 aliphatic rings. The highest BCUT2D eigenvalue weighted by Crippen LogP contribution is 2.29. The predicted molar refractivity (Wildman–Crippen MR) is 98.5 cm³/mol. The van der Waals surface area contributed by atoms with Gasteiger partial charge in [0.25, 0.3) is 0 Å². The molecular formula is C19H20N4O3. The second kappa shape index (κ2) is 6.76. The first-order valence-corrected chi connectivity index (χ1v) is 8.61. The van der Waals surface area contributed by atoms with Crippen molar-refractivity contribution < 1.29 is 14.6 Å². The topological polar surface area (TPSA) is 91.3 Å². The Kier molecular flexibility index (Phi) is 4.30. The Morgan fingerprint density at radius 1 is 1.46 bits per heavy atom. The summed E-state index contributed by atoms with van der Waals surface area (Å²) < 4.78 is 5.34. The molecule has 7 nitrogen and oxygen atoms in total. The molecule has 0 aliphatic carbocycles. The van der Waals surface area contributed by atoms with Crippen LogP contribution in [-0.2, 0) is 4.74 Å². The lowest BCUT2D eigenvalue weighted by Gasteiger charge is -2.26. The second-order valence-corrected chi connectivity index (χ2v) is 6.46. The average Bonchev–Trinajstić information content (AvgIpc) is 3.28. The SMILES string of the molecule is COCC1CCCN1c1cccc(-c2cnc3[nH]cc(C(=O)O)c3n2)c1. The molecule has 1 aliphatic heterocycles. The fourth-order valence-electron chi connectivity index (χ4n) is 3.58. The van der Waals surface area contributed by atoms with E-state index in [4.69, 9.17) is 4.74 Å². The van der Waals surface area contributed by atoms with Crippen molar-refractivity contribution in [3.8, 4) is 11.3 Å².